The first-order valence-electron chi connectivity index (χ1n) is 10.5. The summed E-state index contributed by atoms with van der Waals surface area (Å²) in [5.41, 5.74) is 0.330. The van der Waals surface area contributed by atoms with Crippen LogP contribution >= 0.6 is 11.8 Å². The Labute approximate surface area is 186 Å². The highest BCUT2D eigenvalue weighted by Gasteiger charge is 2.32. The zero-order valence-corrected chi connectivity index (χ0v) is 17.9. The number of carbonyl (C=O) groups excluding carboxylic acids is 1. The first-order chi connectivity index (χ1) is 15.5. The summed E-state index contributed by atoms with van der Waals surface area (Å²) in [7, 11) is 0. The Balaban J connectivity index is 1.40. The average molecular weight is 449 g/mol. The standard InChI is InChI=1S/C22H20N6O3S/c23-11-13-3-1-2-4-15(13)24-16(29)9-10-32-21-17-19(25-18(26-21)12-5-6-12)28(14-7-8-14)22(31)27-20(17)30/h1-4,12,14H,5-10H2,(H,24,29)(H,27,30,31). The summed E-state index contributed by atoms with van der Waals surface area (Å²) in [6, 6.07) is 8.93. The van der Waals surface area contributed by atoms with E-state index in [0.717, 1.165) is 25.7 Å². The smallest absolute Gasteiger partial charge is 0.325 e. The molecule has 0 atom stereocenters. The maximum absolute atomic E-state index is 12.6. The number of para-hydroxylation sites is 1. The van der Waals surface area contributed by atoms with E-state index >= 15 is 0 Å². The Morgan fingerprint density at radius 3 is 2.72 bits per heavy atom. The minimum absolute atomic E-state index is 0.0626. The number of benzene rings is 1. The second-order valence-corrected chi connectivity index (χ2v) is 9.11. The normalized spacial score (nSPS) is 15.5. The lowest BCUT2D eigenvalue weighted by Gasteiger charge is -2.12. The molecule has 1 aromatic carbocycles. The second-order valence-electron chi connectivity index (χ2n) is 8.02. The minimum Gasteiger partial charge on any atom is -0.325 e. The molecule has 0 radical (unpaired) electrons. The van der Waals surface area contributed by atoms with Gasteiger partial charge in [-0.25, -0.2) is 14.8 Å². The van der Waals surface area contributed by atoms with E-state index in [1.807, 2.05) is 0 Å². The molecule has 0 aliphatic heterocycles. The fraction of sp³-hybridized carbons (Fsp3) is 0.364. The number of anilines is 1. The number of H-pyrrole nitrogens is 1. The predicted molar refractivity (Wildman–Crippen MR) is 120 cm³/mol. The number of carbonyl (C=O) groups is 1. The number of nitrogens with one attached hydrogen (secondary N) is 2. The molecule has 10 heteroatoms. The summed E-state index contributed by atoms with van der Waals surface area (Å²) >= 11 is 1.31. The largest absolute Gasteiger partial charge is 0.330 e. The first-order valence-corrected chi connectivity index (χ1v) is 11.5. The third-order valence-electron chi connectivity index (χ3n) is 5.51. The summed E-state index contributed by atoms with van der Waals surface area (Å²) in [4.78, 5) is 49.1. The summed E-state index contributed by atoms with van der Waals surface area (Å²) in [6.45, 7) is 0. The molecule has 2 fully saturated rings. The molecule has 0 unspecified atom stereocenters. The van der Waals surface area contributed by atoms with Crippen LogP contribution in [0, 0.1) is 11.3 Å². The number of aromatic nitrogens is 4. The highest BCUT2D eigenvalue weighted by atomic mass is 32.2. The van der Waals surface area contributed by atoms with Crippen LogP contribution in [-0.4, -0.2) is 31.2 Å². The lowest BCUT2D eigenvalue weighted by molar-refractivity contribution is -0.115. The van der Waals surface area contributed by atoms with E-state index in [0.29, 0.717) is 38.9 Å². The third-order valence-corrected chi connectivity index (χ3v) is 6.49. The van der Waals surface area contributed by atoms with Crippen molar-refractivity contribution in [2.75, 3.05) is 11.1 Å². The molecule has 32 heavy (non-hydrogen) atoms. The quantitative estimate of drug-likeness (QED) is 0.419. The molecule has 2 heterocycles. The Hall–Kier alpha value is -3.45. The third kappa shape index (κ3) is 4.03. The van der Waals surface area contributed by atoms with Crippen LogP contribution in [0.2, 0.25) is 0 Å². The van der Waals surface area contributed by atoms with Gasteiger partial charge in [0.25, 0.3) is 5.56 Å². The molecule has 1 amide bonds. The van der Waals surface area contributed by atoms with Gasteiger partial charge in [-0.05, 0) is 37.8 Å². The number of aromatic amines is 1. The van der Waals surface area contributed by atoms with Gasteiger partial charge in [0.2, 0.25) is 5.91 Å². The molecule has 0 spiro atoms. The Morgan fingerprint density at radius 2 is 2.00 bits per heavy atom. The van der Waals surface area contributed by atoms with Crippen LogP contribution in [0.5, 0.6) is 0 Å². The molecule has 2 saturated carbocycles. The zero-order valence-electron chi connectivity index (χ0n) is 17.1. The van der Waals surface area contributed by atoms with Crippen molar-refractivity contribution < 1.29 is 4.79 Å². The number of hydrogen-bond donors (Lipinski definition) is 2. The van der Waals surface area contributed by atoms with Crippen molar-refractivity contribution in [1.82, 2.24) is 19.5 Å². The molecule has 5 rings (SSSR count). The van der Waals surface area contributed by atoms with Gasteiger partial charge in [-0.2, -0.15) is 5.26 Å². The predicted octanol–water partition coefficient (Wildman–Crippen LogP) is 2.68. The van der Waals surface area contributed by atoms with E-state index in [1.165, 1.54) is 11.8 Å². The van der Waals surface area contributed by atoms with E-state index in [2.05, 4.69) is 26.3 Å². The van der Waals surface area contributed by atoms with Crippen LogP contribution in [0.15, 0.2) is 38.9 Å². The van der Waals surface area contributed by atoms with E-state index in [1.54, 1.807) is 28.8 Å². The highest BCUT2D eigenvalue weighted by Crippen LogP contribution is 2.40. The molecule has 9 nitrogen and oxygen atoms in total. The van der Waals surface area contributed by atoms with Crippen molar-refractivity contribution in [3.63, 3.8) is 0 Å². The lowest BCUT2D eigenvalue weighted by atomic mass is 10.2. The average Bonchev–Trinajstić information content (AvgIpc) is 3.67. The number of nitriles is 1. The zero-order chi connectivity index (χ0) is 22.2. The van der Waals surface area contributed by atoms with Crippen molar-refractivity contribution in [1.29, 1.82) is 5.26 Å². The number of nitrogens with zero attached hydrogens (tertiary/aromatic N) is 4. The van der Waals surface area contributed by atoms with E-state index in [9.17, 15) is 14.4 Å². The van der Waals surface area contributed by atoms with Crippen molar-refractivity contribution in [3.05, 3.63) is 56.5 Å². The van der Waals surface area contributed by atoms with Crippen LogP contribution in [0.25, 0.3) is 11.0 Å². The van der Waals surface area contributed by atoms with Gasteiger partial charge >= 0.3 is 5.69 Å². The van der Waals surface area contributed by atoms with E-state index < -0.39 is 11.2 Å². The molecule has 2 aromatic heterocycles. The monoisotopic (exact) mass is 448 g/mol. The topological polar surface area (TPSA) is 134 Å². The van der Waals surface area contributed by atoms with Crippen LogP contribution in [0.1, 0.15) is 55.5 Å². The van der Waals surface area contributed by atoms with Crippen molar-refractivity contribution in [2.24, 2.45) is 0 Å². The molecule has 2 aliphatic carbocycles. The van der Waals surface area contributed by atoms with Gasteiger partial charge in [0.15, 0.2) is 5.65 Å². The Bertz CT molecular complexity index is 1380. The van der Waals surface area contributed by atoms with Crippen LogP contribution in [0.3, 0.4) is 0 Å². The van der Waals surface area contributed by atoms with Gasteiger partial charge in [-0.3, -0.25) is 19.1 Å². The van der Waals surface area contributed by atoms with E-state index in [4.69, 9.17) is 5.26 Å². The molecule has 162 valence electrons. The lowest BCUT2D eigenvalue weighted by Crippen LogP contribution is -2.31. The fourth-order valence-corrected chi connectivity index (χ4v) is 4.54. The summed E-state index contributed by atoms with van der Waals surface area (Å²) in [5, 5.41) is 12.7. The number of thioether (sulfide) groups is 1. The summed E-state index contributed by atoms with van der Waals surface area (Å²) in [6.07, 6.45) is 3.93. The number of amides is 1. The number of fused-ring (bicyclic) bond motifs is 1. The minimum atomic E-state index is -0.501. The fourth-order valence-electron chi connectivity index (χ4n) is 3.58. The molecule has 3 aromatic rings. The van der Waals surface area contributed by atoms with Crippen LogP contribution in [0.4, 0.5) is 5.69 Å². The van der Waals surface area contributed by atoms with Crippen LogP contribution < -0.4 is 16.6 Å². The van der Waals surface area contributed by atoms with Gasteiger partial charge in [-0.1, -0.05) is 12.1 Å². The first kappa shape index (κ1) is 20.5. The highest BCUT2D eigenvalue weighted by molar-refractivity contribution is 7.99. The van der Waals surface area contributed by atoms with Gasteiger partial charge in [-0.15, -0.1) is 11.8 Å². The maximum atomic E-state index is 12.6. The molecular formula is C22H20N6O3S. The SMILES string of the molecule is N#Cc1ccccc1NC(=O)CCSc1nc(C2CC2)nc2c1c(=O)[nH]c(=O)n2C1CC1. The molecule has 0 bridgehead atoms. The number of hydrogen-bond acceptors (Lipinski definition) is 7. The van der Waals surface area contributed by atoms with Gasteiger partial charge in [0, 0.05) is 24.1 Å². The second kappa shape index (κ2) is 8.24. The maximum Gasteiger partial charge on any atom is 0.330 e. The van der Waals surface area contributed by atoms with Crippen molar-refractivity contribution >= 4 is 34.4 Å². The van der Waals surface area contributed by atoms with Gasteiger partial charge < -0.3 is 5.32 Å². The summed E-state index contributed by atoms with van der Waals surface area (Å²) < 4.78 is 1.58. The van der Waals surface area contributed by atoms with Crippen molar-refractivity contribution in [3.8, 4) is 6.07 Å². The van der Waals surface area contributed by atoms with Crippen LogP contribution in [-0.2, 0) is 4.79 Å². The van der Waals surface area contributed by atoms with Gasteiger partial charge in [0.1, 0.15) is 22.3 Å². The molecule has 2 aliphatic rings. The van der Waals surface area contributed by atoms with Gasteiger partial charge in [0.05, 0.1) is 11.3 Å². The molecule has 0 saturated heterocycles. The Kier molecular flexibility index (Phi) is 5.27. The summed E-state index contributed by atoms with van der Waals surface area (Å²) in [5.74, 6) is 1.07. The molecular weight excluding hydrogens is 428 g/mol. The van der Waals surface area contributed by atoms with Crippen molar-refractivity contribution in [2.45, 2.75) is 49.1 Å². The molecule has 2 N–H and O–H groups in total. The Morgan fingerprint density at radius 1 is 1.22 bits per heavy atom. The number of rotatable bonds is 7. The van der Waals surface area contributed by atoms with E-state index in [-0.39, 0.29) is 24.3 Å².